The van der Waals surface area contributed by atoms with Crippen molar-refractivity contribution in [2.45, 2.75) is 32.6 Å². The summed E-state index contributed by atoms with van der Waals surface area (Å²) in [5.41, 5.74) is 7.56. The van der Waals surface area contributed by atoms with Crippen LogP contribution in [0, 0.1) is 0 Å². The third-order valence-electron chi connectivity index (χ3n) is 12.7. The Labute approximate surface area is 444 Å². The van der Waals surface area contributed by atoms with Gasteiger partial charge in [0.1, 0.15) is 0 Å². The molecule has 14 nitrogen and oxygen atoms in total. The highest BCUT2D eigenvalue weighted by molar-refractivity contribution is 6.30. The Morgan fingerprint density at radius 1 is 0.390 bits per heavy atom. The van der Waals surface area contributed by atoms with Gasteiger partial charge in [0.15, 0.2) is 0 Å². The highest BCUT2D eigenvalue weighted by Gasteiger charge is 2.12. The van der Waals surface area contributed by atoms with E-state index in [0.717, 1.165) is 67.3 Å². The van der Waals surface area contributed by atoms with Crippen molar-refractivity contribution in [1.29, 1.82) is 0 Å². The lowest BCUT2D eigenvalue weighted by Gasteiger charge is -2.06. The molecule has 0 atom stereocenters. The summed E-state index contributed by atoms with van der Waals surface area (Å²) >= 11 is 5.86. The molecule has 12 aromatic rings. The van der Waals surface area contributed by atoms with Gasteiger partial charge >= 0.3 is 5.97 Å². The molecule has 0 aliphatic heterocycles. The number of fused-ring (bicyclic) bond motifs is 4. The van der Waals surface area contributed by atoms with Gasteiger partial charge < -0.3 is 5.11 Å². The summed E-state index contributed by atoms with van der Waals surface area (Å²) in [7, 11) is 0. The normalized spacial score (nSPS) is 10.7. The molecule has 0 bridgehead atoms. The first-order chi connectivity index (χ1) is 37.6. The number of H-pyrrole nitrogens is 4. The number of carboxylic acid groups (broad SMARTS) is 1. The van der Waals surface area contributed by atoms with Gasteiger partial charge in [0, 0.05) is 48.8 Å². The lowest BCUT2D eigenvalue weighted by molar-refractivity contribution is 0.0697. The number of aromatic carboxylic acids is 1. The van der Waals surface area contributed by atoms with E-state index in [4.69, 9.17) is 16.7 Å². The van der Waals surface area contributed by atoms with Crippen LogP contribution >= 0.6 is 11.6 Å². The summed E-state index contributed by atoms with van der Waals surface area (Å²) < 4.78 is 0. The monoisotopic (exact) mass is 1040 g/mol. The number of carbonyl (C=O) groups is 1. The number of aryl methyl sites for hydroxylation is 1. The third-order valence-corrected chi connectivity index (χ3v) is 12.9. The SMILES string of the molecule is CCCCCc1ccc(-c2n[nH]c(=O)c3ccccc23)cc1.O=C(O)c1ccc(-c2n[nH]c(=O)c3ccccc23)cc1.O=c1[nH]nc(-c2ccc(Cl)cc2)c2ccccc12.O=c1[nH]nc(-c2ccccc2)c2ccccc12. The van der Waals surface area contributed by atoms with Gasteiger partial charge in [-0.1, -0.05) is 183 Å². The zero-order valence-electron chi connectivity index (χ0n) is 41.5. The van der Waals surface area contributed by atoms with Crippen LogP contribution in [0.2, 0.25) is 5.02 Å². The molecule has 77 heavy (non-hydrogen) atoms. The molecular weight excluding hydrogens is 988 g/mol. The molecule has 0 saturated heterocycles. The van der Waals surface area contributed by atoms with E-state index in [0.29, 0.717) is 32.3 Å². The zero-order chi connectivity index (χ0) is 53.7. The molecule has 0 fully saturated rings. The summed E-state index contributed by atoms with van der Waals surface area (Å²) in [6, 6.07) is 61.7. The molecule has 12 rings (SSSR count). The van der Waals surface area contributed by atoms with Gasteiger partial charge in [-0.25, -0.2) is 25.2 Å². The van der Waals surface area contributed by atoms with Crippen molar-refractivity contribution in [1.82, 2.24) is 40.8 Å². The van der Waals surface area contributed by atoms with Crippen molar-refractivity contribution in [3.63, 3.8) is 0 Å². The van der Waals surface area contributed by atoms with Crippen LogP contribution in [0.5, 0.6) is 0 Å². The summed E-state index contributed by atoms with van der Waals surface area (Å²) in [4.78, 5) is 57.7. The van der Waals surface area contributed by atoms with E-state index in [-0.39, 0.29) is 27.8 Å². The average Bonchev–Trinajstić information content (AvgIpc) is 3.47. The molecule has 8 aromatic carbocycles. The minimum atomic E-state index is -0.976. The van der Waals surface area contributed by atoms with E-state index in [1.165, 1.54) is 37.0 Å². The lowest BCUT2D eigenvalue weighted by atomic mass is 10.0. The Bertz CT molecular complexity index is 4260. The number of hydrogen-bond donors (Lipinski definition) is 5. The average molecular weight is 1040 g/mol. The number of nitrogens with zero attached hydrogens (tertiary/aromatic N) is 4. The fourth-order valence-electron chi connectivity index (χ4n) is 8.72. The first kappa shape index (κ1) is 52.0. The Morgan fingerprint density at radius 2 is 0.688 bits per heavy atom. The van der Waals surface area contributed by atoms with Crippen molar-refractivity contribution >= 4 is 60.7 Å². The highest BCUT2D eigenvalue weighted by atomic mass is 35.5. The molecule has 5 N–H and O–H groups in total. The molecule has 0 radical (unpaired) electrons. The fourth-order valence-corrected chi connectivity index (χ4v) is 8.85. The molecule has 0 aliphatic carbocycles. The number of unbranched alkanes of at least 4 members (excludes halogenated alkanes) is 2. The van der Waals surface area contributed by atoms with Crippen LogP contribution in [-0.2, 0) is 6.42 Å². The van der Waals surface area contributed by atoms with Crippen LogP contribution in [0.1, 0.15) is 42.1 Å². The number of hydrogen-bond acceptors (Lipinski definition) is 9. The molecule has 380 valence electrons. The van der Waals surface area contributed by atoms with Gasteiger partial charge in [-0.05, 0) is 66.9 Å². The molecule has 15 heteroatoms. The number of nitrogens with one attached hydrogen (secondary N) is 4. The standard InChI is InChI=1S/C19H20N2O.C15H10N2O3.C14H9ClN2O.C14H10N2O/c1-2-3-4-7-14-10-12-15(13-11-14)18-16-8-5-6-9-17(16)19(22)21-20-18;18-14-12-4-2-1-3-11(12)13(16-17-14)9-5-7-10(8-6-9)15(19)20;15-10-7-5-9(6-8-10)13-11-3-1-2-4-12(11)14(18)17-16-13;17-14-12-9-5-4-8-11(12)13(15-16-14)10-6-2-1-3-7-10/h5-6,8-13H,2-4,7H2,1H3,(H,21,22);1-8H,(H,17,18)(H,19,20);1-8H,(H,17,18);1-9H,(H,16,17). The molecule has 4 aromatic heterocycles. The summed E-state index contributed by atoms with van der Waals surface area (Å²) in [5, 5.41) is 42.1. The second-order valence-corrected chi connectivity index (χ2v) is 18.1. The Morgan fingerprint density at radius 3 is 1.03 bits per heavy atom. The van der Waals surface area contributed by atoms with E-state index in [1.807, 2.05) is 121 Å². The molecular formula is C62H49ClN8O6. The molecule has 0 saturated carbocycles. The second kappa shape index (κ2) is 24.4. The van der Waals surface area contributed by atoms with E-state index < -0.39 is 5.97 Å². The van der Waals surface area contributed by atoms with Crippen molar-refractivity contribution in [3.8, 4) is 45.0 Å². The van der Waals surface area contributed by atoms with E-state index in [2.05, 4.69) is 72.0 Å². The van der Waals surface area contributed by atoms with Gasteiger partial charge in [-0.3, -0.25) is 19.2 Å². The minimum Gasteiger partial charge on any atom is -0.478 e. The first-order valence-electron chi connectivity index (χ1n) is 24.7. The van der Waals surface area contributed by atoms with Crippen molar-refractivity contribution < 1.29 is 9.90 Å². The lowest BCUT2D eigenvalue weighted by Crippen LogP contribution is -2.09. The maximum Gasteiger partial charge on any atom is 0.335 e. The number of carboxylic acids is 1. The van der Waals surface area contributed by atoms with E-state index in [9.17, 15) is 24.0 Å². The number of halogens is 1. The zero-order valence-corrected chi connectivity index (χ0v) is 42.3. The first-order valence-corrected chi connectivity index (χ1v) is 25.1. The third kappa shape index (κ3) is 12.2. The second-order valence-electron chi connectivity index (χ2n) is 17.7. The topological polar surface area (TPSA) is 220 Å². The van der Waals surface area contributed by atoms with Gasteiger partial charge in [-0.2, -0.15) is 20.4 Å². The molecule has 0 unspecified atom stereocenters. The van der Waals surface area contributed by atoms with Crippen molar-refractivity contribution in [3.05, 3.63) is 258 Å². The quantitative estimate of drug-likeness (QED) is 0.0861. The smallest absolute Gasteiger partial charge is 0.335 e. The van der Waals surface area contributed by atoms with Gasteiger partial charge in [-0.15, -0.1) is 0 Å². The Balaban J connectivity index is 0.000000126. The molecule has 0 amide bonds. The van der Waals surface area contributed by atoms with Crippen molar-refractivity contribution in [2.24, 2.45) is 0 Å². The summed E-state index contributed by atoms with van der Waals surface area (Å²) in [6.45, 7) is 2.22. The van der Waals surface area contributed by atoms with Crippen LogP contribution in [-0.4, -0.2) is 51.9 Å². The minimum absolute atomic E-state index is 0.143. The van der Waals surface area contributed by atoms with Crippen LogP contribution in [0.3, 0.4) is 0 Å². The highest BCUT2D eigenvalue weighted by Crippen LogP contribution is 2.28. The summed E-state index contributed by atoms with van der Waals surface area (Å²) in [5.74, 6) is -0.976. The largest absolute Gasteiger partial charge is 0.478 e. The molecule has 0 aliphatic rings. The van der Waals surface area contributed by atoms with Crippen LogP contribution in [0.25, 0.3) is 88.1 Å². The molecule has 0 spiro atoms. The number of benzene rings is 8. The Hall–Kier alpha value is -9.92. The predicted octanol–water partition coefficient (Wildman–Crippen LogP) is 12.4. The number of aromatic amines is 4. The fraction of sp³-hybridized carbons (Fsp3) is 0.0806. The van der Waals surface area contributed by atoms with Gasteiger partial charge in [0.25, 0.3) is 22.2 Å². The van der Waals surface area contributed by atoms with Gasteiger partial charge in [0.05, 0.1) is 49.9 Å². The van der Waals surface area contributed by atoms with Crippen molar-refractivity contribution in [2.75, 3.05) is 0 Å². The maximum atomic E-state index is 11.8. The maximum absolute atomic E-state index is 11.8. The van der Waals surface area contributed by atoms with Crippen LogP contribution in [0.4, 0.5) is 0 Å². The van der Waals surface area contributed by atoms with Gasteiger partial charge in [0.2, 0.25) is 0 Å². The molecule has 4 heterocycles. The Kier molecular flexibility index (Phi) is 16.5. The summed E-state index contributed by atoms with van der Waals surface area (Å²) in [6.07, 6.45) is 4.86. The number of rotatable bonds is 9. The number of aromatic nitrogens is 8. The predicted molar refractivity (Wildman–Crippen MR) is 306 cm³/mol. The van der Waals surface area contributed by atoms with Crippen LogP contribution < -0.4 is 22.2 Å². The van der Waals surface area contributed by atoms with E-state index >= 15 is 0 Å². The van der Waals surface area contributed by atoms with Crippen LogP contribution in [0.15, 0.2) is 219 Å². The van der Waals surface area contributed by atoms with E-state index in [1.54, 1.807) is 42.5 Å².